The number of aliphatic hydroxyl groups excluding tert-OH is 1. The fourth-order valence-electron chi connectivity index (χ4n) is 2.40. The zero-order valence-electron chi connectivity index (χ0n) is 11.6. The molecule has 1 atom stereocenters. The average molecular weight is 261 g/mol. The van der Waals surface area contributed by atoms with Crippen molar-refractivity contribution in [1.82, 2.24) is 5.32 Å². The van der Waals surface area contributed by atoms with Crippen molar-refractivity contribution in [1.29, 1.82) is 0 Å². The van der Waals surface area contributed by atoms with E-state index < -0.39 is 0 Å². The van der Waals surface area contributed by atoms with Crippen LogP contribution in [0.5, 0.6) is 5.75 Å². The molecule has 1 aliphatic rings. The maximum absolute atomic E-state index is 10.4. The third-order valence-electron chi connectivity index (χ3n) is 3.54. The van der Waals surface area contributed by atoms with Crippen molar-refractivity contribution in [3.63, 3.8) is 0 Å². The van der Waals surface area contributed by atoms with E-state index in [9.17, 15) is 5.11 Å². The quantitative estimate of drug-likeness (QED) is 0.801. The summed E-state index contributed by atoms with van der Waals surface area (Å²) in [4.78, 5) is 0. The first kappa shape index (κ1) is 14.1. The molecule has 0 saturated carbocycles. The van der Waals surface area contributed by atoms with E-state index in [1.165, 1.54) is 0 Å². The van der Waals surface area contributed by atoms with Crippen molar-refractivity contribution in [3.8, 4) is 5.75 Å². The Morgan fingerprint density at radius 2 is 2.00 bits per heavy atom. The lowest BCUT2D eigenvalue weighted by Crippen LogP contribution is -2.30. The second-order valence-corrected chi connectivity index (χ2v) is 5.35. The molecule has 1 aromatic carbocycles. The molecule has 3 heteroatoms. The van der Waals surface area contributed by atoms with E-state index >= 15 is 0 Å². The van der Waals surface area contributed by atoms with Gasteiger partial charge in [0.2, 0.25) is 0 Å². The lowest BCUT2D eigenvalue weighted by atomic mass is 9.88. The molecule has 1 aromatic rings. The van der Waals surface area contributed by atoms with E-state index in [1.807, 2.05) is 31.2 Å². The van der Waals surface area contributed by atoms with Crippen molar-refractivity contribution in [2.24, 2.45) is 5.92 Å². The molecule has 0 bridgehead atoms. The number of hydrogen-bond donors (Lipinski definition) is 2. The fourth-order valence-corrected chi connectivity index (χ4v) is 2.40. The fraction of sp³-hybridized carbons (Fsp3) is 0.500. The summed E-state index contributed by atoms with van der Waals surface area (Å²) in [5.41, 5.74) is 1.98. The zero-order chi connectivity index (χ0) is 13.7. The van der Waals surface area contributed by atoms with Crippen LogP contribution in [0.1, 0.15) is 31.4 Å². The Hall–Kier alpha value is -1.32. The van der Waals surface area contributed by atoms with Crippen molar-refractivity contribution < 1.29 is 9.84 Å². The van der Waals surface area contributed by atoms with Crippen molar-refractivity contribution in [3.05, 3.63) is 42.0 Å². The second kappa shape index (κ2) is 6.73. The van der Waals surface area contributed by atoms with Gasteiger partial charge in [-0.2, -0.15) is 0 Å². The lowest BCUT2D eigenvalue weighted by molar-refractivity contribution is 0.0889. The van der Waals surface area contributed by atoms with Crippen LogP contribution in [0.3, 0.4) is 0 Å². The molecule has 1 aliphatic heterocycles. The molecular weight excluding hydrogens is 238 g/mol. The Kier molecular flexibility index (Phi) is 5.00. The van der Waals surface area contributed by atoms with Gasteiger partial charge in [-0.1, -0.05) is 18.7 Å². The Bertz CT molecular complexity index is 407. The van der Waals surface area contributed by atoms with Gasteiger partial charge in [-0.25, -0.2) is 0 Å². The normalized spacial score (nSPS) is 18.0. The monoisotopic (exact) mass is 261 g/mol. The highest BCUT2D eigenvalue weighted by Crippen LogP contribution is 2.29. The molecule has 19 heavy (non-hydrogen) atoms. The summed E-state index contributed by atoms with van der Waals surface area (Å²) in [7, 11) is 0. The highest BCUT2D eigenvalue weighted by atomic mass is 16.5. The van der Waals surface area contributed by atoms with Gasteiger partial charge in [-0.15, -0.1) is 0 Å². The van der Waals surface area contributed by atoms with Gasteiger partial charge in [0.1, 0.15) is 12.4 Å². The molecule has 1 unspecified atom stereocenters. The van der Waals surface area contributed by atoms with Crippen LogP contribution < -0.4 is 10.1 Å². The molecule has 2 rings (SSSR count). The van der Waals surface area contributed by atoms with E-state index in [-0.39, 0.29) is 6.10 Å². The van der Waals surface area contributed by atoms with Crippen LogP contribution in [0.4, 0.5) is 0 Å². The second-order valence-electron chi connectivity index (χ2n) is 5.35. The van der Waals surface area contributed by atoms with Gasteiger partial charge in [-0.05, 0) is 62.0 Å². The van der Waals surface area contributed by atoms with Crippen LogP contribution in [0.15, 0.2) is 36.4 Å². The van der Waals surface area contributed by atoms with Gasteiger partial charge >= 0.3 is 0 Å². The Labute approximate surface area is 115 Å². The van der Waals surface area contributed by atoms with E-state index in [0.29, 0.717) is 12.5 Å². The van der Waals surface area contributed by atoms with Crippen LogP contribution in [-0.2, 0) is 0 Å². The molecule has 1 saturated heterocycles. The highest BCUT2D eigenvalue weighted by Gasteiger charge is 2.22. The number of aliphatic hydroxyl groups is 1. The SMILES string of the molecule is C=C(C)COc1ccc(C(O)C2CCNCC2)cc1. The molecule has 0 aliphatic carbocycles. The minimum Gasteiger partial charge on any atom is -0.489 e. The minimum atomic E-state index is -0.364. The minimum absolute atomic E-state index is 0.364. The largest absolute Gasteiger partial charge is 0.489 e. The van der Waals surface area contributed by atoms with E-state index in [4.69, 9.17) is 4.74 Å². The summed E-state index contributed by atoms with van der Waals surface area (Å²) in [5.74, 6) is 1.19. The van der Waals surface area contributed by atoms with Gasteiger partial charge in [0, 0.05) is 0 Å². The van der Waals surface area contributed by atoms with Crippen LogP contribution in [0.25, 0.3) is 0 Å². The van der Waals surface area contributed by atoms with Crippen LogP contribution in [0, 0.1) is 5.92 Å². The first-order valence-corrected chi connectivity index (χ1v) is 6.93. The van der Waals surface area contributed by atoms with Crippen molar-refractivity contribution in [2.75, 3.05) is 19.7 Å². The molecule has 0 spiro atoms. The molecule has 0 aromatic heterocycles. The molecule has 1 heterocycles. The van der Waals surface area contributed by atoms with Crippen LogP contribution >= 0.6 is 0 Å². The number of piperidine rings is 1. The van der Waals surface area contributed by atoms with E-state index in [1.54, 1.807) is 0 Å². The predicted octanol–water partition coefficient (Wildman–Crippen LogP) is 2.67. The van der Waals surface area contributed by atoms with Gasteiger partial charge < -0.3 is 15.2 Å². The molecule has 0 radical (unpaired) electrons. The number of rotatable bonds is 5. The molecule has 0 amide bonds. The topological polar surface area (TPSA) is 41.5 Å². The standard InChI is InChI=1S/C16H23NO2/c1-12(2)11-19-15-5-3-13(4-6-15)16(18)14-7-9-17-10-8-14/h3-6,14,16-18H,1,7-11H2,2H3. The number of nitrogens with one attached hydrogen (secondary N) is 1. The average Bonchev–Trinajstić information content (AvgIpc) is 2.46. The van der Waals surface area contributed by atoms with Crippen LogP contribution in [-0.4, -0.2) is 24.8 Å². The Morgan fingerprint density at radius 1 is 1.37 bits per heavy atom. The molecular formula is C16H23NO2. The molecule has 2 N–H and O–H groups in total. The molecule has 3 nitrogen and oxygen atoms in total. The summed E-state index contributed by atoms with van der Waals surface area (Å²) < 4.78 is 5.56. The van der Waals surface area contributed by atoms with E-state index in [0.717, 1.165) is 42.8 Å². The summed E-state index contributed by atoms with van der Waals surface area (Å²) in [6.45, 7) is 8.29. The maximum atomic E-state index is 10.4. The third-order valence-corrected chi connectivity index (χ3v) is 3.54. The van der Waals surface area contributed by atoms with Crippen LogP contribution in [0.2, 0.25) is 0 Å². The van der Waals surface area contributed by atoms with Crippen molar-refractivity contribution in [2.45, 2.75) is 25.9 Å². The first-order chi connectivity index (χ1) is 9.16. The smallest absolute Gasteiger partial charge is 0.119 e. The summed E-state index contributed by atoms with van der Waals surface area (Å²) in [5, 5.41) is 13.7. The Balaban J connectivity index is 1.94. The predicted molar refractivity (Wildman–Crippen MR) is 77.3 cm³/mol. The highest BCUT2D eigenvalue weighted by molar-refractivity contribution is 5.29. The van der Waals surface area contributed by atoms with Gasteiger partial charge in [0.15, 0.2) is 0 Å². The van der Waals surface area contributed by atoms with E-state index in [2.05, 4.69) is 11.9 Å². The summed E-state index contributed by atoms with van der Waals surface area (Å²) >= 11 is 0. The Morgan fingerprint density at radius 3 is 2.58 bits per heavy atom. The summed E-state index contributed by atoms with van der Waals surface area (Å²) in [6.07, 6.45) is 1.71. The van der Waals surface area contributed by atoms with Gasteiger partial charge in [0.25, 0.3) is 0 Å². The zero-order valence-corrected chi connectivity index (χ0v) is 11.6. The molecule has 104 valence electrons. The van der Waals surface area contributed by atoms with Gasteiger partial charge in [0.05, 0.1) is 6.10 Å². The van der Waals surface area contributed by atoms with Crippen molar-refractivity contribution >= 4 is 0 Å². The van der Waals surface area contributed by atoms with Gasteiger partial charge in [-0.3, -0.25) is 0 Å². The third kappa shape index (κ3) is 4.08. The number of benzene rings is 1. The first-order valence-electron chi connectivity index (χ1n) is 6.93. The lowest BCUT2D eigenvalue weighted by Gasteiger charge is -2.27. The summed E-state index contributed by atoms with van der Waals surface area (Å²) in [6, 6.07) is 7.76. The molecule has 1 fully saturated rings. The number of hydrogen-bond acceptors (Lipinski definition) is 3. The number of ether oxygens (including phenoxy) is 1. The maximum Gasteiger partial charge on any atom is 0.119 e.